The molecule has 0 aliphatic carbocycles. The Hall–Kier alpha value is -5.43. The van der Waals surface area contributed by atoms with E-state index in [0.717, 1.165) is 11.1 Å². The molecule has 2 aliphatic heterocycles. The largest absolute Gasteiger partial charge is 0.478 e. The summed E-state index contributed by atoms with van der Waals surface area (Å²) in [7, 11) is 0. The summed E-state index contributed by atoms with van der Waals surface area (Å²) in [5, 5.41) is 22.9. The van der Waals surface area contributed by atoms with Gasteiger partial charge in [0.1, 0.15) is 31.2 Å². The summed E-state index contributed by atoms with van der Waals surface area (Å²) in [6, 6.07) is 20.4. The van der Waals surface area contributed by atoms with Crippen LogP contribution in [-0.2, 0) is 37.1 Å². The number of ether oxygens (including phenoxy) is 2. The maximum absolute atomic E-state index is 15.5. The zero-order valence-corrected chi connectivity index (χ0v) is 28.5. The lowest BCUT2D eigenvalue weighted by Gasteiger charge is -2.39. The highest BCUT2D eigenvalue weighted by molar-refractivity contribution is 5.91. The normalized spacial score (nSPS) is 16.1. The molecule has 2 aliphatic rings. The Morgan fingerprint density at radius 1 is 0.882 bits per heavy atom. The smallest absolute Gasteiger partial charge is 0.408 e. The van der Waals surface area contributed by atoms with Crippen LogP contribution in [-0.4, -0.2) is 77.8 Å². The molecule has 1 fully saturated rings. The van der Waals surface area contributed by atoms with E-state index in [4.69, 9.17) is 9.47 Å². The van der Waals surface area contributed by atoms with Crippen molar-refractivity contribution in [2.45, 2.75) is 58.0 Å². The highest BCUT2D eigenvalue weighted by Crippen LogP contribution is 2.40. The summed E-state index contributed by atoms with van der Waals surface area (Å²) < 4.78 is 26.2. The van der Waals surface area contributed by atoms with Crippen LogP contribution >= 0.6 is 0 Å². The zero-order chi connectivity index (χ0) is 36.3. The Kier molecular flexibility index (Phi) is 12.6. The fraction of sp³-hybridized carbons (Fsp3) is 0.368. The van der Waals surface area contributed by atoms with E-state index in [1.165, 1.54) is 12.3 Å². The molecule has 0 saturated carbocycles. The van der Waals surface area contributed by atoms with Crippen LogP contribution in [0.3, 0.4) is 0 Å². The maximum atomic E-state index is 15.5. The number of unbranched alkanes of at least 4 members (excludes halogenated alkanes) is 1. The quantitative estimate of drug-likeness (QED) is 0.156. The lowest BCUT2D eigenvalue weighted by atomic mass is 9.95. The molecular weight excluding hydrogens is 659 g/mol. The zero-order valence-electron chi connectivity index (χ0n) is 28.5. The lowest BCUT2D eigenvalue weighted by molar-refractivity contribution is -0.145. The number of hydrogen-bond donors (Lipinski definition) is 3. The predicted molar refractivity (Wildman–Crippen MR) is 187 cm³/mol. The van der Waals surface area contributed by atoms with Crippen LogP contribution in [0.5, 0.6) is 0 Å². The molecule has 0 spiro atoms. The topological polar surface area (TPSA) is 149 Å². The number of esters is 1. The molecule has 12 nitrogen and oxygen atoms in total. The first-order valence-corrected chi connectivity index (χ1v) is 17.1. The molecule has 0 radical (unpaired) electrons. The van der Waals surface area contributed by atoms with Crippen molar-refractivity contribution in [3.63, 3.8) is 0 Å². The van der Waals surface area contributed by atoms with Crippen molar-refractivity contribution in [2.75, 3.05) is 42.5 Å². The summed E-state index contributed by atoms with van der Waals surface area (Å²) in [6.07, 6.45) is 0.506. The first kappa shape index (κ1) is 36.8. The Balaban J connectivity index is 1.19. The number of halogens is 1. The minimum Gasteiger partial charge on any atom is -0.478 e. The number of carboxylic acids is 1. The monoisotopic (exact) mass is 702 g/mol. The number of nitrogens with one attached hydrogen (secondary N) is 1. The molecule has 2 heterocycles. The van der Waals surface area contributed by atoms with E-state index in [2.05, 4.69) is 5.32 Å². The summed E-state index contributed by atoms with van der Waals surface area (Å²) in [5.74, 6) is -2.55. The number of carboxylic acid groups (broad SMARTS) is 1. The van der Waals surface area contributed by atoms with Gasteiger partial charge in [-0.1, -0.05) is 67.1 Å². The molecule has 0 aromatic heterocycles. The summed E-state index contributed by atoms with van der Waals surface area (Å²) in [5.41, 5.74) is 2.40. The fourth-order valence-electron chi connectivity index (χ4n) is 6.17. The third kappa shape index (κ3) is 9.63. The second-order valence-electron chi connectivity index (χ2n) is 12.4. The van der Waals surface area contributed by atoms with Crippen molar-refractivity contribution in [1.82, 2.24) is 10.2 Å². The van der Waals surface area contributed by atoms with Crippen molar-refractivity contribution >= 4 is 35.3 Å². The number of carbonyl (C=O) groups is 4. The molecule has 270 valence electrons. The van der Waals surface area contributed by atoms with Gasteiger partial charge in [0, 0.05) is 56.6 Å². The third-order valence-electron chi connectivity index (χ3n) is 8.98. The van der Waals surface area contributed by atoms with E-state index in [9.17, 15) is 29.4 Å². The molecule has 3 N–H and O–H groups in total. The molecule has 13 heteroatoms. The Labute approximate surface area is 296 Å². The lowest BCUT2D eigenvalue weighted by Crippen LogP contribution is -2.55. The second-order valence-corrected chi connectivity index (χ2v) is 12.4. The first-order chi connectivity index (χ1) is 24.6. The fourth-order valence-corrected chi connectivity index (χ4v) is 6.17. The van der Waals surface area contributed by atoms with E-state index < -0.39 is 30.0 Å². The standard InChI is InChI=1S/C38H43FN4O8/c1-2-41-23-29(37(47)48)35(45)28-21-30(39)33(22-32(28)41)42-17-19-43(20-18-42)36(46)31(40-38(49)51-25-27-13-7-4-8-14-27)15-9-10-16-34(44)50-24-26-11-5-3-6-12-26/h3-8,11-14,21-23,31,35,45H,2,9-10,15-20,24-25H2,1H3,(H,40,49)(H,47,48). The maximum Gasteiger partial charge on any atom is 0.408 e. The minimum absolute atomic E-state index is 0.0335. The number of rotatable bonds is 14. The van der Waals surface area contributed by atoms with Gasteiger partial charge in [0.05, 0.1) is 11.3 Å². The van der Waals surface area contributed by atoms with Gasteiger partial charge in [-0.2, -0.15) is 0 Å². The minimum atomic E-state index is -1.47. The van der Waals surface area contributed by atoms with Crippen LogP contribution in [0.4, 0.5) is 20.6 Å². The van der Waals surface area contributed by atoms with Gasteiger partial charge in [-0.25, -0.2) is 14.0 Å². The molecule has 5 rings (SSSR count). The number of piperazine rings is 1. The van der Waals surface area contributed by atoms with E-state index in [0.29, 0.717) is 38.2 Å². The predicted octanol–water partition coefficient (Wildman–Crippen LogP) is 4.91. The number of alkyl carbamates (subject to hydrolysis) is 1. The first-order valence-electron chi connectivity index (χ1n) is 17.1. The summed E-state index contributed by atoms with van der Waals surface area (Å²) >= 11 is 0. The number of aliphatic hydroxyl groups excluding tert-OH is 1. The average Bonchev–Trinajstić information content (AvgIpc) is 3.15. The Morgan fingerprint density at radius 2 is 1.51 bits per heavy atom. The summed E-state index contributed by atoms with van der Waals surface area (Å²) in [4.78, 5) is 55.6. The van der Waals surface area contributed by atoms with Gasteiger partial charge in [-0.05, 0) is 43.0 Å². The number of hydrogen-bond acceptors (Lipinski definition) is 9. The van der Waals surface area contributed by atoms with Crippen molar-refractivity contribution in [2.24, 2.45) is 0 Å². The van der Waals surface area contributed by atoms with Gasteiger partial charge in [0.25, 0.3) is 0 Å². The number of anilines is 2. The van der Waals surface area contributed by atoms with Crippen molar-refractivity contribution in [1.29, 1.82) is 0 Å². The van der Waals surface area contributed by atoms with Gasteiger partial charge in [-0.15, -0.1) is 0 Å². The van der Waals surface area contributed by atoms with Crippen molar-refractivity contribution < 1.29 is 43.3 Å². The van der Waals surface area contributed by atoms with Gasteiger partial charge in [0.2, 0.25) is 5.91 Å². The van der Waals surface area contributed by atoms with Crippen LogP contribution in [0.1, 0.15) is 55.4 Å². The van der Waals surface area contributed by atoms with Crippen molar-refractivity contribution in [3.05, 3.63) is 107 Å². The molecule has 2 atom stereocenters. The van der Waals surface area contributed by atoms with E-state index >= 15 is 4.39 Å². The molecule has 3 aromatic rings. The third-order valence-corrected chi connectivity index (χ3v) is 8.98. The van der Waals surface area contributed by atoms with E-state index in [1.807, 2.05) is 67.6 Å². The van der Waals surface area contributed by atoms with Gasteiger partial charge < -0.3 is 39.7 Å². The number of aliphatic carboxylic acids is 1. The Bertz CT molecular complexity index is 1710. The summed E-state index contributed by atoms with van der Waals surface area (Å²) in [6.45, 7) is 3.54. The van der Waals surface area contributed by atoms with E-state index in [-0.39, 0.29) is 67.8 Å². The molecule has 0 bridgehead atoms. The van der Waals surface area contributed by atoms with Crippen LogP contribution in [0.2, 0.25) is 0 Å². The molecule has 2 unspecified atom stereocenters. The molecule has 51 heavy (non-hydrogen) atoms. The van der Waals surface area contributed by atoms with Crippen LogP contribution in [0, 0.1) is 5.82 Å². The molecule has 2 amide bonds. The molecule has 3 aromatic carbocycles. The number of fused-ring (bicyclic) bond motifs is 1. The highest BCUT2D eigenvalue weighted by Gasteiger charge is 2.33. The van der Waals surface area contributed by atoms with Gasteiger partial charge in [0.15, 0.2) is 0 Å². The SMILES string of the molecule is CCN1C=C(C(=O)O)C(O)c2cc(F)c(N3CCN(C(=O)C(CCCCC(=O)OCc4ccccc4)NC(=O)OCc4ccccc4)CC3)cc21. The van der Waals surface area contributed by atoms with Gasteiger partial charge >= 0.3 is 18.0 Å². The van der Waals surface area contributed by atoms with Crippen LogP contribution < -0.4 is 15.1 Å². The number of amides is 2. The number of carbonyl (C=O) groups excluding carboxylic acids is 3. The van der Waals surface area contributed by atoms with Crippen LogP contribution in [0.15, 0.2) is 84.6 Å². The molecule has 1 saturated heterocycles. The van der Waals surface area contributed by atoms with Gasteiger partial charge in [-0.3, -0.25) is 9.59 Å². The number of aliphatic hydroxyl groups is 1. The Morgan fingerprint density at radius 3 is 2.12 bits per heavy atom. The van der Waals surface area contributed by atoms with Crippen molar-refractivity contribution in [3.8, 4) is 0 Å². The number of benzene rings is 3. The molecular formula is C38H43FN4O8. The average molecular weight is 703 g/mol. The number of nitrogens with zero attached hydrogens (tertiary/aromatic N) is 3. The van der Waals surface area contributed by atoms with Crippen LogP contribution in [0.25, 0.3) is 0 Å². The highest BCUT2D eigenvalue weighted by atomic mass is 19.1. The second kappa shape index (κ2) is 17.5. The van der Waals surface area contributed by atoms with E-state index in [1.54, 1.807) is 20.8 Å².